The molecule has 0 aliphatic carbocycles. The smallest absolute Gasteiger partial charge is 0.0319 e. The highest BCUT2D eigenvalue weighted by Gasteiger charge is 2.12. The van der Waals surface area contributed by atoms with E-state index in [0.717, 1.165) is 6.42 Å². The minimum absolute atomic E-state index is 0.353. The average Bonchev–Trinajstić information content (AvgIpc) is 1.85. The second-order valence-electron chi connectivity index (χ2n) is 4.06. The molecule has 1 aliphatic rings. The molecule has 2 heteroatoms. The van der Waals surface area contributed by atoms with Gasteiger partial charge in [0.15, 0.2) is 0 Å². The minimum Gasteiger partial charge on any atom is -0.309 e. The molecule has 0 spiro atoms. The first kappa shape index (κ1) is 8.18. The van der Waals surface area contributed by atoms with Gasteiger partial charge in [-0.1, -0.05) is 20.8 Å². The van der Waals surface area contributed by atoms with Gasteiger partial charge in [0.05, 0.1) is 0 Å². The van der Waals surface area contributed by atoms with Crippen molar-refractivity contribution in [3.63, 3.8) is 0 Å². The predicted octanol–water partition coefficient (Wildman–Crippen LogP) is 1.93. The summed E-state index contributed by atoms with van der Waals surface area (Å²) in [6.45, 7) is 6.69. The lowest BCUT2D eigenvalue weighted by Gasteiger charge is -2.22. The highest BCUT2D eigenvalue weighted by molar-refractivity contribution is 5.14. The van der Waals surface area contributed by atoms with Gasteiger partial charge < -0.3 is 10.9 Å². The van der Waals surface area contributed by atoms with E-state index in [1.54, 1.807) is 0 Å². The molecule has 0 unspecified atom stereocenters. The predicted molar refractivity (Wildman–Crippen MR) is 47.6 cm³/mol. The third-order valence-electron chi connectivity index (χ3n) is 1.43. The average molecular weight is 152 g/mol. The van der Waals surface area contributed by atoms with Crippen LogP contribution in [0.5, 0.6) is 0 Å². The van der Waals surface area contributed by atoms with Crippen molar-refractivity contribution in [3.05, 3.63) is 24.0 Å². The van der Waals surface area contributed by atoms with Crippen molar-refractivity contribution in [1.82, 2.24) is 10.9 Å². The van der Waals surface area contributed by atoms with Crippen LogP contribution in [0.25, 0.3) is 0 Å². The van der Waals surface area contributed by atoms with E-state index in [9.17, 15) is 0 Å². The van der Waals surface area contributed by atoms with Crippen molar-refractivity contribution in [2.24, 2.45) is 5.41 Å². The Kier molecular flexibility index (Phi) is 2.22. The monoisotopic (exact) mass is 152 g/mol. The molecule has 62 valence electrons. The lowest BCUT2D eigenvalue weighted by Crippen LogP contribution is -2.30. The third kappa shape index (κ3) is 3.12. The van der Waals surface area contributed by atoms with Crippen molar-refractivity contribution in [2.75, 3.05) is 0 Å². The normalized spacial score (nSPS) is 16.8. The molecule has 0 saturated carbocycles. The van der Waals surface area contributed by atoms with E-state index in [2.05, 4.69) is 37.7 Å². The Bertz CT molecular complexity index is 184. The van der Waals surface area contributed by atoms with E-state index in [4.69, 9.17) is 0 Å². The summed E-state index contributed by atoms with van der Waals surface area (Å²) in [4.78, 5) is 0. The molecule has 1 heterocycles. The van der Waals surface area contributed by atoms with Crippen molar-refractivity contribution in [3.8, 4) is 0 Å². The fourth-order valence-corrected chi connectivity index (χ4v) is 1.06. The van der Waals surface area contributed by atoms with Gasteiger partial charge in [0.25, 0.3) is 0 Å². The molecule has 0 bridgehead atoms. The molecule has 0 fully saturated rings. The highest BCUT2D eigenvalue weighted by Crippen LogP contribution is 2.22. The molecule has 11 heavy (non-hydrogen) atoms. The lowest BCUT2D eigenvalue weighted by atomic mass is 9.90. The van der Waals surface area contributed by atoms with E-state index in [1.165, 1.54) is 5.70 Å². The molecule has 1 aliphatic heterocycles. The number of nitrogens with one attached hydrogen (secondary N) is 2. The minimum atomic E-state index is 0.353. The van der Waals surface area contributed by atoms with Crippen LogP contribution >= 0.6 is 0 Å². The molecule has 2 N–H and O–H groups in total. The summed E-state index contributed by atoms with van der Waals surface area (Å²) in [6, 6.07) is 0. The van der Waals surface area contributed by atoms with Gasteiger partial charge in [0.1, 0.15) is 0 Å². The molecule has 0 aromatic rings. The van der Waals surface area contributed by atoms with Crippen molar-refractivity contribution >= 4 is 0 Å². The topological polar surface area (TPSA) is 24.1 Å². The summed E-state index contributed by atoms with van der Waals surface area (Å²) in [5.74, 6) is 0. The Hall–Kier alpha value is -0.920. The summed E-state index contributed by atoms with van der Waals surface area (Å²) in [5.41, 5.74) is 7.66. The molecule has 0 aromatic heterocycles. The van der Waals surface area contributed by atoms with Gasteiger partial charge in [-0.25, -0.2) is 0 Å². The van der Waals surface area contributed by atoms with Crippen molar-refractivity contribution < 1.29 is 0 Å². The molecule has 0 saturated heterocycles. The first-order valence-corrected chi connectivity index (χ1v) is 3.95. The molecule has 0 amide bonds. The van der Waals surface area contributed by atoms with Crippen LogP contribution in [-0.4, -0.2) is 0 Å². The van der Waals surface area contributed by atoms with E-state index in [1.807, 2.05) is 12.3 Å². The fourth-order valence-electron chi connectivity index (χ4n) is 1.06. The molecule has 0 aromatic carbocycles. The number of hydrazine groups is 1. The number of rotatable bonds is 1. The van der Waals surface area contributed by atoms with Gasteiger partial charge in [0, 0.05) is 11.9 Å². The second-order valence-corrected chi connectivity index (χ2v) is 4.06. The van der Waals surface area contributed by atoms with Crippen LogP contribution in [0.3, 0.4) is 0 Å². The highest BCUT2D eigenvalue weighted by atomic mass is 15.3. The van der Waals surface area contributed by atoms with Crippen molar-refractivity contribution in [2.45, 2.75) is 27.2 Å². The number of allylic oxidation sites excluding steroid dienone is 3. The zero-order valence-electron chi connectivity index (χ0n) is 7.44. The quantitative estimate of drug-likeness (QED) is 0.600. The maximum absolute atomic E-state index is 3.10. The summed E-state index contributed by atoms with van der Waals surface area (Å²) in [5, 5.41) is 0. The van der Waals surface area contributed by atoms with Gasteiger partial charge in [0.2, 0.25) is 0 Å². The Labute approximate surface area is 68.3 Å². The van der Waals surface area contributed by atoms with Gasteiger partial charge in [-0.15, -0.1) is 0 Å². The third-order valence-corrected chi connectivity index (χ3v) is 1.43. The summed E-state index contributed by atoms with van der Waals surface area (Å²) >= 11 is 0. The second kappa shape index (κ2) is 2.99. The molecule has 0 atom stereocenters. The zero-order chi connectivity index (χ0) is 8.32. The van der Waals surface area contributed by atoms with E-state index < -0.39 is 0 Å². The molecule has 2 nitrogen and oxygen atoms in total. The van der Waals surface area contributed by atoms with Crippen LogP contribution in [0.2, 0.25) is 0 Å². The molecular formula is C9H16N2. The lowest BCUT2D eigenvalue weighted by molar-refractivity contribution is 0.393. The first-order chi connectivity index (χ1) is 5.08. The Morgan fingerprint density at radius 1 is 1.36 bits per heavy atom. The largest absolute Gasteiger partial charge is 0.309 e. The van der Waals surface area contributed by atoms with E-state index in [-0.39, 0.29) is 0 Å². The van der Waals surface area contributed by atoms with Crippen LogP contribution in [0, 0.1) is 5.41 Å². The fraction of sp³-hybridized carbons (Fsp3) is 0.556. The summed E-state index contributed by atoms with van der Waals surface area (Å²) in [6.07, 6.45) is 7.07. The maximum atomic E-state index is 3.10. The Balaban J connectivity index is 2.49. The number of hydrogen-bond acceptors (Lipinski definition) is 2. The van der Waals surface area contributed by atoms with Gasteiger partial charge in [-0.3, -0.25) is 0 Å². The van der Waals surface area contributed by atoms with Crippen LogP contribution < -0.4 is 10.9 Å². The van der Waals surface area contributed by atoms with Gasteiger partial charge in [-0.05, 0) is 24.0 Å². The molecular weight excluding hydrogens is 136 g/mol. The maximum Gasteiger partial charge on any atom is 0.0319 e. The van der Waals surface area contributed by atoms with E-state index >= 15 is 0 Å². The van der Waals surface area contributed by atoms with Crippen LogP contribution in [0.4, 0.5) is 0 Å². The summed E-state index contributed by atoms with van der Waals surface area (Å²) in [7, 11) is 0. The van der Waals surface area contributed by atoms with Gasteiger partial charge >= 0.3 is 0 Å². The van der Waals surface area contributed by atoms with Crippen molar-refractivity contribution in [1.29, 1.82) is 0 Å². The number of hydrogen-bond donors (Lipinski definition) is 2. The summed E-state index contributed by atoms with van der Waals surface area (Å²) < 4.78 is 0. The standard InChI is InChI=1S/C9H16N2/c1-9(2,3)7-8-5-4-6-10-11-8/h4-6,10-11H,7H2,1-3H3. The Morgan fingerprint density at radius 2 is 2.09 bits per heavy atom. The SMILES string of the molecule is CC(C)(C)CC1=CC=CNN1. The molecule has 1 rings (SSSR count). The van der Waals surface area contributed by atoms with Crippen LogP contribution in [-0.2, 0) is 0 Å². The van der Waals surface area contributed by atoms with Crippen LogP contribution in [0.1, 0.15) is 27.2 Å². The molecule has 0 radical (unpaired) electrons. The first-order valence-electron chi connectivity index (χ1n) is 3.95. The van der Waals surface area contributed by atoms with E-state index in [0.29, 0.717) is 5.41 Å². The van der Waals surface area contributed by atoms with Gasteiger partial charge in [-0.2, -0.15) is 0 Å². The Morgan fingerprint density at radius 3 is 2.55 bits per heavy atom. The van der Waals surface area contributed by atoms with Crippen LogP contribution in [0.15, 0.2) is 24.0 Å². The zero-order valence-corrected chi connectivity index (χ0v) is 7.44.